The van der Waals surface area contributed by atoms with Crippen LogP contribution in [0.25, 0.3) is 0 Å². The van der Waals surface area contributed by atoms with Gasteiger partial charge in [-0.05, 0) is 55.2 Å². The summed E-state index contributed by atoms with van der Waals surface area (Å²) >= 11 is 0. The van der Waals surface area contributed by atoms with Gasteiger partial charge in [0.15, 0.2) is 0 Å². The third-order valence-electron chi connectivity index (χ3n) is 3.64. The molecule has 21 heavy (non-hydrogen) atoms. The van der Waals surface area contributed by atoms with E-state index in [0.29, 0.717) is 11.1 Å². The maximum atomic E-state index is 12.2. The maximum Gasteiger partial charge on any atom is 0.346 e. The Morgan fingerprint density at radius 1 is 0.952 bits per heavy atom. The molecule has 0 atom stereocenters. The van der Waals surface area contributed by atoms with E-state index in [-0.39, 0.29) is 0 Å². The fourth-order valence-corrected chi connectivity index (χ4v) is 2.29. The van der Waals surface area contributed by atoms with Gasteiger partial charge in [-0.15, -0.1) is 0 Å². The predicted octanol–water partition coefficient (Wildman–Crippen LogP) is 3.86. The molecule has 0 N–H and O–H groups in total. The van der Waals surface area contributed by atoms with Gasteiger partial charge in [-0.1, -0.05) is 31.2 Å². The van der Waals surface area contributed by atoms with E-state index in [4.69, 9.17) is 4.74 Å². The average molecular weight is 282 g/mol. The molecule has 0 heterocycles. The number of carbonyl (C=O) groups excluding carboxylic acids is 2. The van der Waals surface area contributed by atoms with Crippen molar-refractivity contribution < 1.29 is 14.3 Å². The highest BCUT2D eigenvalue weighted by molar-refractivity contribution is 6.03. The van der Waals surface area contributed by atoms with Gasteiger partial charge in [0.05, 0.1) is 11.1 Å². The van der Waals surface area contributed by atoms with Gasteiger partial charge in [0.25, 0.3) is 0 Å². The monoisotopic (exact) mass is 282 g/mol. The third kappa shape index (κ3) is 3.19. The Morgan fingerprint density at radius 2 is 1.62 bits per heavy atom. The summed E-state index contributed by atoms with van der Waals surface area (Å²) in [6.45, 7) is 5.96. The molecule has 0 radical (unpaired) electrons. The molecule has 108 valence electrons. The van der Waals surface area contributed by atoms with Crippen LogP contribution in [0.3, 0.4) is 0 Å². The predicted molar refractivity (Wildman–Crippen MR) is 81.5 cm³/mol. The van der Waals surface area contributed by atoms with E-state index in [0.717, 1.165) is 23.1 Å². The zero-order chi connectivity index (χ0) is 15.4. The highest BCUT2D eigenvalue weighted by Gasteiger charge is 2.18. The van der Waals surface area contributed by atoms with Gasteiger partial charge in [-0.2, -0.15) is 0 Å². The van der Waals surface area contributed by atoms with Crippen LogP contribution in [0.5, 0.6) is 0 Å². The standard InChI is InChI=1S/C18H18O3/c1-4-15-13(3)12(2)10-11-16(15)18(20)21-17(19)14-8-6-5-7-9-14/h5-11H,4H2,1-3H3. The second-order valence-corrected chi connectivity index (χ2v) is 4.93. The third-order valence-corrected chi connectivity index (χ3v) is 3.64. The molecular weight excluding hydrogens is 264 g/mol. The maximum absolute atomic E-state index is 12.2. The van der Waals surface area contributed by atoms with Crippen LogP contribution in [0.2, 0.25) is 0 Å². The van der Waals surface area contributed by atoms with Crippen LogP contribution in [0.1, 0.15) is 44.3 Å². The molecule has 0 unspecified atom stereocenters. The van der Waals surface area contributed by atoms with Gasteiger partial charge >= 0.3 is 11.9 Å². The van der Waals surface area contributed by atoms with Crippen molar-refractivity contribution in [1.82, 2.24) is 0 Å². The highest BCUT2D eigenvalue weighted by atomic mass is 16.6. The fourth-order valence-electron chi connectivity index (χ4n) is 2.29. The molecule has 0 saturated carbocycles. The average Bonchev–Trinajstić information content (AvgIpc) is 2.50. The van der Waals surface area contributed by atoms with E-state index >= 15 is 0 Å². The number of hydrogen-bond donors (Lipinski definition) is 0. The van der Waals surface area contributed by atoms with E-state index in [2.05, 4.69) is 0 Å². The van der Waals surface area contributed by atoms with Gasteiger partial charge in [0.1, 0.15) is 0 Å². The second-order valence-electron chi connectivity index (χ2n) is 4.93. The molecule has 0 bridgehead atoms. The smallest absolute Gasteiger partial charge is 0.346 e. The lowest BCUT2D eigenvalue weighted by Gasteiger charge is -2.12. The highest BCUT2D eigenvalue weighted by Crippen LogP contribution is 2.20. The van der Waals surface area contributed by atoms with Crippen LogP contribution >= 0.6 is 0 Å². The van der Waals surface area contributed by atoms with Crippen molar-refractivity contribution in [2.75, 3.05) is 0 Å². The first-order valence-electron chi connectivity index (χ1n) is 6.95. The number of carbonyl (C=O) groups is 2. The SMILES string of the molecule is CCc1c(C(=O)OC(=O)c2ccccc2)ccc(C)c1C. The molecule has 0 aliphatic rings. The summed E-state index contributed by atoms with van der Waals surface area (Å²) in [6.07, 6.45) is 0.720. The van der Waals surface area contributed by atoms with Crippen LogP contribution in [-0.4, -0.2) is 11.9 Å². The molecule has 2 rings (SSSR count). The molecule has 0 fully saturated rings. The number of aryl methyl sites for hydroxylation is 1. The second kappa shape index (κ2) is 6.35. The van der Waals surface area contributed by atoms with Crippen molar-refractivity contribution in [3.63, 3.8) is 0 Å². The first kappa shape index (κ1) is 15.0. The van der Waals surface area contributed by atoms with Crippen molar-refractivity contribution in [3.8, 4) is 0 Å². The first-order valence-corrected chi connectivity index (χ1v) is 6.95. The molecule has 0 amide bonds. The summed E-state index contributed by atoms with van der Waals surface area (Å²) in [5.74, 6) is -1.22. The minimum absolute atomic E-state index is 0.368. The Kier molecular flexibility index (Phi) is 4.53. The molecule has 2 aromatic rings. The lowest BCUT2D eigenvalue weighted by molar-refractivity contribution is 0.0397. The summed E-state index contributed by atoms with van der Waals surface area (Å²) in [6, 6.07) is 12.1. The Bertz CT molecular complexity index is 672. The molecule has 0 saturated heterocycles. The zero-order valence-electron chi connectivity index (χ0n) is 12.5. The Balaban J connectivity index is 2.26. The van der Waals surface area contributed by atoms with Crippen molar-refractivity contribution in [3.05, 3.63) is 70.3 Å². The Hall–Kier alpha value is -2.42. The van der Waals surface area contributed by atoms with Gasteiger partial charge in [-0.25, -0.2) is 9.59 Å². The normalized spacial score (nSPS) is 10.2. The molecule has 3 nitrogen and oxygen atoms in total. The van der Waals surface area contributed by atoms with E-state index in [1.54, 1.807) is 36.4 Å². The summed E-state index contributed by atoms with van der Waals surface area (Å²) in [5, 5.41) is 0. The van der Waals surface area contributed by atoms with Gasteiger partial charge in [-0.3, -0.25) is 0 Å². The van der Waals surface area contributed by atoms with Gasteiger partial charge < -0.3 is 4.74 Å². The summed E-state index contributed by atoms with van der Waals surface area (Å²) in [5.41, 5.74) is 3.95. The van der Waals surface area contributed by atoms with Gasteiger partial charge in [0, 0.05) is 0 Å². The van der Waals surface area contributed by atoms with Gasteiger partial charge in [0.2, 0.25) is 0 Å². The van der Waals surface area contributed by atoms with Crippen LogP contribution in [-0.2, 0) is 11.2 Å². The molecule has 0 aliphatic heterocycles. The van der Waals surface area contributed by atoms with E-state index < -0.39 is 11.9 Å². The van der Waals surface area contributed by atoms with Crippen LogP contribution in [0.15, 0.2) is 42.5 Å². The number of hydrogen-bond acceptors (Lipinski definition) is 3. The topological polar surface area (TPSA) is 43.4 Å². The number of rotatable bonds is 3. The largest absolute Gasteiger partial charge is 0.386 e. The van der Waals surface area contributed by atoms with E-state index in [9.17, 15) is 9.59 Å². The van der Waals surface area contributed by atoms with Crippen LogP contribution in [0.4, 0.5) is 0 Å². The van der Waals surface area contributed by atoms with Crippen LogP contribution in [0, 0.1) is 13.8 Å². The minimum Gasteiger partial charge on any atom is -0.386 e. The van der Waals surface area contributed by atoms with E-state index in [1.165, 1.54) is 0 Å². The fraction of sp³-hybridized carbons (Fsp3) is 0.222. The summed E-state index contributed by atoms with van der Waals surface area (Å²) in [7, 11) is 0. The number of esters is 2. The van der Waals surface area contributed by atoms with Crippen molar-refractivity contribution in [2.24, 2.45) is 0 Å². The van der Waals surface area contributed by atoms with Crippen molar-refractivity contribution >= 4 is 11.9 Å². The Morgan fingerprint density at radius 3 is 2.24 bits per heavy atom. The van der Waals surface area contributed by atoms with Crippen molar-refractivity contribution in [1.29, 1.82) is 0 Å². The number of benzene rings is 2. The summed E-state index contributed by atoms with van der Waals surface area (Å²) < 4.78 is 4.98. The summed E-state index contributed by atoms with van der Waals surface area (Å²) in [4.78, 5) is 24.2. The lowest BCUT2D eigenvalue weighted by Crippen LogP contribution is -2.15. The van der Waals surface area contributed by atoms with Crippen LogP contribution < -0.4 is 0 Å². The lowest BCUT2D eigenvalue weighted by atomic mass is 9.96. The molecule has 0 aliphatic carbocycles. The number of ether oxygens (including phenoxy) is 1. The van der Waals surface area contributed by atoms with E-state index in [1.807, 2.05) is 26.8 Å². The first-order chi connectivity index (χ1) is 10.0. The molecule has 2 aromatic carbocycles. The molecule has 3 heteroatoms. The molecular formula is C18H18O3. The van der Waals surface area contributed by atoms with Crippen molar-refractivity contribution in [2.45, 2.75) is 27.2 Å². The Labute approximate surface area is 124 Å². The molecule has 0 spiro atoms. The minimum atomic E-state index is -0.624. The quantitative estimate of drug-likeness (QED) is 0.634. The molecule has 0 aromatic heterocycles. The zero-order valence-corrected chi connectivity index (χ0v) is 12.5.